The van der Waals surface area contributed by atoms with E-state index < -0.39 is 0 Å². The van der Waals surface area contributed by atoms with Gasteiger partial charge in [0.1, 0.15) is 0 Å². The van der Waals surface area contributed by atoms with Crippen LogP contribution in [0.1, 0.15) is 0 Å². The number of anilines is 3. The zero-order valence-electron chi connectivity index (χ0n) is 30.0. The van der Waals surface area contributed by atoms with E-state index in [4.69, 9.17) is 9.97 Å². The first-order chi connectivity index (χ1) is 27.3. The highest BCUT2D eigenvalue weighted by Crippen LogP contribution is 2.44. The molecular weight excluding hydrogens is 667 g/mol. The predicted molar refractivity (Wildman–Crippen MR) is 231 cm³/mol. The van der Waals surface area contributed by atoms with Gasteiger partial charge in [0, 0.05) is 49.9 Å². The zero-order valence-corrected chi connectivity index (χ0v) is 30.0. The molecule has 10 rings (SSSR count). The Morgan fingerprint density at radius 2 is 0.855 bits per heavy atom. The second-order valence-corrected chi connectivity index (χ2v) is 13.8. The SMILES string of the molecule is c1ccc(-c2cc(-c3ccccc3)nc(-c3cc4ccccc4c4c3c(-c3ccc(N(c5ccccc5)c5ccccc5)cc3)nc3ccccc34)c2)cc1. The molecule has 0 aliphatic rings. The highest BCUT2D eigenvalue weighted by Gasteiger charge is 2.21. The number of fused-ring (bicyclic) bond motifs is 5. The van der Waals surface area contributed by atoms with E-state index in [2.05, 4.69) is 217 Å². The number of hydrogen-bond donors (Lipinski definition) is 0. The van der Waals surface area contributed by atoms with Gasteiger partial charge >= 0.3 is 0 Å². The third-order valence-corrected chi connectivity index (χ3v) is 10.4. The molecule has 55 heavy (non-hydrogen) atoms. The number of benzene rings is 8. The van der Waals surface area contributed by atoms with Crippen molar-refractivity contribution in [1.29, 1.82) is 0 Å². The molecule has 0 saturated carbocycles. The van der Waals surface area contributed by atoms with Gasteiger partial charge in [0.15, 0.2) is 0 Å². The molecule has 0 radical (unpaired) electrons. The minimum atomic E-state index is 0.908. The van der Waals surface area contributed by atoms with Gasteiger partial charge in [0.25, 0.3) is 0 Å². The summed E-state index contributed by atoms with van der Waals surface area (Å²) >= 11 is 0. The van der Waals surface area contributed by atoms with E-state index >= 15 is 0 Å². The van der Waals surface area contributed by atoms with Crippen molar-refractivity contribution in [3.63, 3.8) is 0 Å². The molecule has 8 aromatic carbocycles. The van der Waals surface area contributed by atoms with Gasteiger partial charge in [0.05, 0.1) is 22.6 Å². The molecule has 0 spiro atoms. The van der Waals surface area contributed by atoms with Crippen LogP contribution in [0.15, 0.2) is 212 Å². The Hall–Kier alpha value is -7.36. The lowest BCUT2D eigenvalue weighted by molar-refractivity contribution is 1.28. The summed E-state index contributed by atoms with van der Waals surface area (Å²) in [6, 6.07) is 74.9. The number of nitrogens with zero attached hydrogens (tertiary/aromatic N) is 3. The molecule has 0 aliphatic carbocycles. The zero-order chi connectivity index (χ0) is 36.6. The summed E-state index contributed by atoms with van der Waals surface area (Å²) in [6.45, 7) is 0. The molecule has 0 amide bonds. The number of para-hydroxylation sites is 3. The van der Waals surface area contributed by atoms with Crippen LogP contribution in [0.2, 0.25) is 0 Å². The number of hydrogen-bond acceptors (Lipinski definition) is 3. The van der Waals surface area contributed by atoms with Gasteiger partial charge in [-0.05, 0) is 82.6 Å². The van der Waals surface area contributed by atoms with E-state index in [1.807, 2.05) is 0 Å². The van der Waals surface area contributed by atoms with Crippen molar-refractivity contribution in [3.8, 4) is 44.9 Å². The fourth-order valence-corrected chi connectivity index (χ4v) is 7.84. The maximum absolute atomic E-state index is 5.48. The second-order valence-electron chi connectivity index (χ2n) is 13.8. The van der Waals surface area contributed by atoms with E-state index in [0.717, 1.165) is 83.6 Å². The summed E-state index contributed by atoms with van der Waals surface area (Å²) in [5.41, 5.74) is 12.4. The summed E-state index contributed by atoms with van der Waals surface area (Å²) in [5.74, 6) is 0. The standard InChI is InChI=1S/C52H35N3/c1-5-17-36(18-6-1)40-34-48(37-19-7-2-8-20-37)53-49(35-40)46-33-39-21-13-14-26-44(39)50-45-27-15-16-28-47(45)54-52(51(46)50)38-29-31-43(32-30-38)55(41-22-9-3-10-23-41)42-24-11-4-12-25-42/h1-35H. The van der Waals surface area contributed by atoms with Crippen LogP contribution in [0, 0.1) is 0 Å². The average molecular weight is 702 g/mol. The Morgan fingerprint density at radius 3 is 1.53 bits per heavy atom. The van der Waals surface area contributed by atoms with Crippen molar-refractivity contribution < 1.29 is 0 Å². The highest BCUT2D eigenvalue weighted by molar-refractivity contribution is 6.26. The van der Waals surface area contributed by atoms with E-state index in [0.29, 0.717) is 0 Å². The van der Waals surface area contributed by atoms with Gasteiger partial charge in [0.2, 0.25) is 0 Å². The largest absolute Gasteiger partial charge is 0.311 e. The molecule has 0 saturated heterocycles. The summed E-state index contributed by atoms with van der Waals surface area (Å²) in [7, 11) is 0. The average Bonchev–Trinajstić information content (AvgIpc) is 3.27. The summed E-state index contributed by atoms with van der Waals surface area (Å²) in [4.78, 5) is 13.2. The summed E-state index contributed by atoms with van der Waals surface area (Å²) in [5, 5.41) is 5.75. The summed E-state index contributed by atoms with van der Waals surface area (Å²) in [6.07, 6.45) is 0. The van der Waals surface area contributed by atoms with Gasteiger partial charge in [-0.2, -0.15) is 0 Å². The van der Waals surface area contributed by atoms with E-state index in [1.165, 1.54) is 10.8 Å². The molecule has 258 valence electrons. The fraction of sp³-hybridized carbons (Fsp3) is 0. The maximum Gasteiger partial charge on any atom is 0.0795 e. The second kappa shape index (κ2) is 13.9. The highest BCUT2D eigenvalue weighted by atomic mass is 15.1. The molecule has 3 nitrogen and oxygen atoms in total. The van der Waals surface area contributed by atoms with E-state index in [9.17, 15) is 0 Å². The molecule has 2 aromatic heterocycles. The van der Waals surface area contributed by atoms with Crippen molar-refractivity contribution in [3.05, 3.63) is 212 Å². The third kappa shape index (κ3) is 5.98. The monoisotopic (exact) mass is 701 g/mol. The lowest BCUT2D eigenvalue weighted by atomic mass is 9.89. The number of pyridine rings is 2. The van der Waals surface area contributed by atoms with Crippen LogP contribution in [-0.2, 0) is 0 Å². The van der Waals surface area contributed by atoms with Gasteiger partial charge < -0.3 is 4.90 Å². The van der Waals surface area contributed by atoms with Gasteiger partial charge in [-0.3, -0.25) is 0 Å². The van der Waals surface area contributed by atoms with Crippen molar-refractivity contribution in [1.82, 2.24) is 9.97 Å². The molecule has 10 aromatic rings. The fourth-order valence-electron chi connectivity index (χ4n) is 7.84. The predicted octanol–water partition coefficient (Wildman–Crippen LogP) is 14.1. The first-order valence-electron chi connectivity index (χ1n) is 18.7. The van der Waals surface area contributed by atoms with Gasteiger partial charge in [-0.15, -0.1) is 0 Å². The molecule has 0 aliphatic heterocycles. The Kier molecular flexibility index (Phi) is 8.16. The van der Waals surface area contributed by atoms with Crippen molar-refractivity contribution in [2.75, 3.05) is 4.90 Å². The molecule has 3 heteroatoms. The van der Waals surface area contributed by atoms with Crippen LogP contribution in [0.4, 0.5) is 17.1 Å². The Balaban J connectivity index is 1.25. The molecule has 2 heterocycles. The van der Waals surface area contributed by atoms with Gasteiger partial charge in [-0.25, -0.2) is 9.97 Å². The smallest absolute Gasteiger partial charge is 0.0795 e. The lowest BCUT2D eigenvalue weighted by Gasteiger charge is -2.25. The van der Waals surface area contributed by atoms with Crippen LogP contribution in [0.3, 0.4) is 0 Å². The summed E-state index contributed by atoms with van der Waals surface area (Å²) < 4.78 is 0. The topological polar surface area (TPSA) is 29.0 Å². The van der Waals surface area contributed by atoms with Crippen LogP contribution >= 0.6 is 0 Å². The third-order valence-electron chi connectivity index (χ3n) is 10.4. The van der Waals surface area contributed by atoms with Crippen molar-refractivity contribution in [2.45, 2.75) is 0 Å². The first kappa shape index (κ1) is 32.3. The molecule has 0 bridgehead atoms. The van der Waals surface area contributed by atoms with E-state index in [-0.39, 0.29) is 0 Å². The minimum Gasteiger partial charge on any atom is -0.311 e. The Bertz CT molecular complexity index is 2830. The number of aromatic nitrogens is 2. The maximum atomic E-state index is 5.48. The van der Waals surface area contributed by atoms with E-state index in [1.54, 1.807) is 0 Å². The minimum absolute atomic E-state index is 0.908. The molecule has 0 N–H and O–H groups in total. The quantitative estimate of drug-likeness (QED) is 0.155. The molecular formula is C52H35N3. The van der Waals surface area contributed by atoms with Crippen LogP contribution in [0.5, 0.6) is 0 Å². The molecule has 0 atom stereocenters. The Morgan fingerprint density at radius 1 is 0.327 bits per heavy atom. The lowest BCUT2D eigenvalue weighted by Crippen LogP contribution is -2.09. The normalized spacial score (nSPS) is 11.3. The van der Waals surface area contributed by atoms with Crippen LogP contribution in [0.25, 0.3) is 77.3 Å². The van der Waals surface area contributed by atoms with Crippen LogP contribution < -0.4 is 4.90 Å². The number of rotatable bonds is 7. The Labute approximate surface area is 320 Å². The van der Waals surface area contributed by atoms with Crippen LogP contribution in [-0.4, -0.2) is 9.97 Å². The first-order valence-corrected chi connectivity index (χ1v) is 18.7. The van der Waals surface area contributed by atoms with Crippen molar-refractivity contribution >= 4 is 49.5 Å². The van der Waals surface area contributed by atoms with Crippen molar-refractivity contribution in [2.24, 2.45) is 0 Å². The van der Waals surface area contributed by atoms with Gasteiger partial charge in [-0.1, -0.05) is 152 Å². The molecule has 0 fully saturated rings. The molecule has 0 unspecified atom stereocenters.